The van der Waals surface area contributed by atoms with Crippen LogP contribution in [-0.2, 0) is 9.59 Å². The van der Waals surface area contributed by atoms with Crippen molar-refractivity contribution in [1.29, 1.82) is 0 Å². The fourth-order valence-corrected chi connectivity index (χ4v) is 6.46. The van der Waals surface area contributed by atoms with Gasteiger partial charge in [-0.15, -0.1) is 11.8 Å². The van der Waals surface area contributed by atoms with Crippen molar-refractivity contribution in [3.63, 3.8) is 0 Å². The number of carboxylic acid groups (broad SMARTS) is 1. The van der Waals surface area contributed by atoms with Crippen LogP contribution in [0.25, 0.3) is 0 Å². The summed E-state index contributed by atoms with van der Waals surface area (Å²) in [4.78, 5) is 36.9. The molecule has 29 heavy (non-hydrogen) atoms. The Morgan fingerprint density at radius 2 is 2.24 bits per heavy atom. The van der Waals surface area contributed by atoms with Gasteiger partial charge in [-0.3, -0.25) is 14.8 Å². The van der Waals surface area contributed by atoms with E-state index in [9.17, 15) is 14.7 Å². The highest BCUT2D eigenvalue weighted by atomic mass is 32.2. The van der Waals surface area contributed by atoms with Crippen molar-refractivity contribution in [2.45, 2.75) is 68.2 Å². The van der Waals surface area contributed by atoms with Gasteiger partial charge >= 0.3 is 5.97 Å². The second-order valence-electron chi connectivity index (χ2n) is 8.93. The summed E-state index contributed by atoms with van der Waals surface area (Å²) >= 11 is 1.55. The summed E-state index contributed by atoms with van der Waals surface area (Å²) in [6, 6.07) is -1.22. The van der Waals surface area contributed by atoms with E-state index in [2.05, 4.69) is 20.2 Å². The third kappa shape index (κ3) is 4.11. The number of rotatable bonds is 6. The van der Waals surface area contributed by atoms with Gasteiger partial charge in [0.25, 0.3) is 5.91 Å². The van der Waals surface area contributed by atoms with E-state index in [1.807, 2.05) is 20.2 Å². The van der Waals surface area contributed by atoms with Gasteiger partial charge < -0.3 is 20.2 Å². The van der Waals surface area contributed by atoms with Crippen LogP contribution in [0.1, 0.15) is 46.0 Å². The number of thioether (sulfide) groups is 1. The van der Waals surface area contributed by atoms with Gasteiger partial charge in [0.2, 0.25) is 0 Å². The van der Waals surface area contributed by atoms with E-state index < -0.39 is 22.8 Å². The van der Waals surface area contributed by atoms with E-state index in [0.29, 0.717) is 5.92 Å². The Balaban J connectivity index is 1.29. The van der Waals surface area contributed by atoms with Crippen LogP contribution in [0.15, 0.2) is 9.98 Å². The first-order valence-electron chi connectivity index (χ1n) is 10.6. The number of amidine groups is 1. The normalized spacial score (nSPS) is 33.9. The summed E-state index contributed by atoms with van der Waals surface area (Å²) < 4.78 is -0.495. The summed E-state index contributed by atoms with van der Waals surface area (Å²) in [5.74, 6) is 0.784. The van der Waals surface area contributed by atoms with E-state index in [0.717, 1.165) is 51.3 Å². The number of likely N-dealkylation sites (tertiary alicyclic amines) is 1. The number of β-lactam (4-membered cyclic amide) rings is 1. The van der Waals surface area contributed by atoms with Crippen LogP contribution in [-0.4, -0.2) is 87.3 Å². The van der Waals surface area contributed by atoms with Crippen LogP contribution in [0.3, 0.4) is 0 Å². The quantitative estimate of drug-likeness (QED) is 0.382. The van der Waals surface area contributed by atoms with E-state index in [1.54, 1.807) is 11.8 Å². The third-order valence-corrected chi connectivity index (χ3v) is 8.01. The molecule has 0 aromatic heterocycles. The van der Waals surface area contributed by atoms with Crippen molar-refractivity contribution in [2.24, 2.45) is 15.9 Å². The number of aliphatic carboxylic acids is 1. The molecule has 4 aliphatic rings. The number of nitrogens with one attached hydrogen (secondary N) is 1. The smallest absolute Gasteiger partial charge is 0.327 e. The zero-order valence-corrected chi connectivity index (χ0v) is 18.0. The first-order chi connectivity index (χ1) is 13.9. The average molecular weight is 422 g/mol. The second-order valence-corrected chi connectivity index (χ2v) is 10.7. The van der Waals surface area contributed by atoms with Crippen molar-refractivity contribution >= 4 is 35.8 Å². The number of carbonyl (C=O) groups is 2. The molecule has 3 saturated heterocycles. The lowest BCUT2D eigenvalue weighted by Crippen LogP contribution is -2.65. The zero-order chi connectivity index (χ0) is 20.6. The van der Waals surface area contributed by atoms with Crippen LogP contribution in [0.5, 0.6) is 0 Å². The molecule has 9 heteroatoms. The molecule has 4 heterocycles. The lowest BCUT2D eigenvalue weighted by atomic mass is 9.95. The standard InChI is InChI=1S/C20H31N5O3S/c1-20(2)16(19(27)28)25-17(26)15(18(25)29-20)23-12-24-10-3-4-13(7-11-24)5-6-14-21-8-9-22-14/h12-13,15-16,18H,3-11H2,1-2H3,(H,21,22)(H,27,28)/t13?,15-,16+,18-/m1/s1. The molecule has 0 aromatic rings. The molecule has 4 aliphatic heterocycles. The zero-order valence-electron chi connectivity index (χ0n) is 17.2. The van der Waals surface area contributed by atoms with Crippen LogP contribution in [0, 0.1) is 5.92 Å². The third-order valence-electron chi connectivity index (χ3n) is 6.45. The highest BCUT2D eigenvalue weighted by Gasteiger charge is 2.63. The molecule has 160 valence electrons. The van der Waals surface area contributed by atoms with Gasteiger partial charge in [-0.1, -0.05) is 0 Å². The van der Waals surface area contributed by atoms with Crippen molar-refractivity contribution in [1.82, 2.24) is 15.1 Å². The number of amides is 1. The van der Waals surface area contributed by atoms with Crippen molar-refractivity contribution in [3.05, 3.63) is 0 Å². The Bertz CT molecular complexity index is 725. The maximum atomic E-state index is 12.5. The van der Waals surface area contributed by atoms with E-state index >= 15 is 0 Å². The summed E-state index contributed by atoms with van der Waals surface area (Å²) in [7, 11) is 0. The lowest BCUT2D eigenvalue weighted by Gasteiger charge is -2.41. The topological polar surface area (TPSA) is 97.6 Å². The van der Waals surface area contributed by atoms with Gasteiger partial charge in [-0.05, 0) is 45.4 Å². The van der Waals surface area contributed by atoms with E-state index in [1.165, 1.54) is 17.7 Å². The number of nitrogens with zero attached hydrogens (tertiary/aromatic N) is 4. The van der Waals surface area contributed by atoms with Gasteiger partial charge in [-0.25, -0.2) is 4.79 Å². The van der Waals surface area contributed by atoms with Gasteiger partial charge in [0, 0.05) is 30.8 Å². The maximum Gasteiger partial charge on any atom is 0.327 e. The Labute approximate surface area is 176 Å². The number of fused-ring (bicyclic) bond motifs is 1. The fraction of sp³-hybridized carbons (Fsp3) is 0.800. The molecule has 0 saturated carbocycles. The Kier molecular flexibility index (Phi) is 5.77. The molecule has 4 rings (SSSR count). The number of carbonyl (C=O) groups excluding carboxylic acids is 1. The predicted octanol–water partition coefficient (Wildman–Crippen LogP) is 1.41. The first-order valence-corrected chi connectivity index (χ1v) is 11.5. The molecular formula is C20H31N5O3S. The van der Waals surface area contributed by atoms with Gasteiger partial charge in [0.05, 0.1) is 18.7 Å². The maximum absolute atomic E-state index is 12.5. The summed E-state index contributed by atoms with van der Waals surface area (Å²) in [6.07, 6.45) is 7.55. The lowest BCUT2D eigenvalue weighted by molar-refractivity contribution is -0.158. The molecule has 1 amide bonds. The van der Waals surface area contributed by atoms with Crippen LogP contribution >= 0.6 is 11.8 Å². The SMILES string of the molecule is CC1(C)S[C@@H]2[C@H](N=CN3CCCC(CCC4=NCCN4)CC3)C(=O)N2[C@H]1C(=O)O. The molecule has 4 atom stereocenters. The number of hydrogen-bond donors (Lipinski definition) is 2. The number of carboxylic acids is 1. The summed E-state index contributed by atoms with van der Waals surface area (Å²) in [5.41, 5.74) is 0. The largest absolute Gasteiger partial charge is 0.480 e. The molecule has 2 N–H and O–H groups in total. The molecule has 0 radical (unpaired) electrons. The van der Waals surface area contributed by atoms with Gasteiger partial charge in [0.1, 0.15) is 11.4 Å². The number of aliphatic imine (C=N–C) groups is 2. The second kappa shape index (κ2) is 8.16. The van der Waals surface area contributed by atoms with E-state index in [-0.39, 0.29) is 11.3 Å². The van der Waals surface area contributed by atoms with Gasteiger partial charge in [-0.2, -0.15) is 0 Å². The molecular weight excluding hydrogens is 390 g/mol. The van der Waals surface area contributed by atoms with Crippen LogP contribution in [0.4, 0.5) is 0 Å². The average Bonchev–Trinajstić information content (AvgIpc) is 3.19. The summed E-state index contributed by atoms with van der Waals surface area (Å²) in [5, 5.41) is 12.7. The highest BCUT2D eigenvalue weighted by molar-refractivity contribution is 8.01. The summed E-state index contributed by atoms with van der Waals surface area (Å²) in [6.45, 7) is 7.59. The monoisotopic (exact) mass is 421 g/mol. The molecule has 8 nitrogen and oxygen atoms in total. The van der Waals surface area contributed by atoms with Crippen molar-refractivity contribution in [3.8, 4) is 0 Å². The Hall–Kier alpha value is -1.77. The van der Waals surface area contributed by atoms with Gasteiger partial charge in [0.15, 0.2) is 6.04 Å². The molecule has 3 fully saturated rings. The Morgan fingerprint density at radius 3 is 2.97 bits per heavy atom. The molecule has 0 bridgehead atoms. The van der Waals surface area contributed by atoms with Crippen LogP contribution in [0.2, 0.25) is 0 Å². The van der Waals surface area contributed by atoms with Crippen molar-refractivity contribution < 1.29 is 14.7 Å². The minimum atomic E-state index is -0.932. The molecule has 0 aliphatic carbocycles. The minimum absolute atomic E-state index is 0.158. The molecule has 0 spiro atoms. The number of hydrogen-bond acceptors (Lipinski definition) is 6. The van der Waals surface area contributed by atoms with Crippen LogP contribution < -0.4 is 5.32 Å². The molecule has 1 unspecified atom stereocenters. The Morgan fingerprint density at radius 1 is 1.41 bits per heavy atom. The predicted molar refractivity (Wildman–Crippen MR) is 114 cm³/mol. The van der Waals surface area contributed by atoms with Crippen molar-refractivity contribution in [2.75, 3.05) is 26.2 Å². The molecule has 0 aromatic carbocycles. The first kappa shape index (κ1) is 20.5. The minimum Gasteiger partial charge on any atom is -0.480 e. The fourth-order valence-electron chi connectivity index (χ4n) is 4.84. The van der Waals surface area contributed by atoms with E-state index in [4.69, 9.17) is 0 Å². The highest BCUT2D eigenvalue weighted by Crippen LogP contribution is 2.51.